The summed E-state index contributed by atoms with van der Waals surface area (Å²) in [7, 11) is 0. The molecule has 24 heavy (non-hydrogen) atoms. The number of benzene rings is 1. The highest BCUT2D eigenvalue weighted by Crippen LogP contribution is 2.34. The Morgan fingerprint density at radius 2 is 1.79 bits per heavy atom. The summed E-state index contributed by atoms with van der Waals surface area (Å²) in [4.78, 5) is 12.3. The molecule has 0 radical (unpaired) electrons. The van der Waals surface area contributed by atoms with Gasteiger partial charge in [-0.2, -0.15) is 13.2 Å². The molecular weight excluding hydrogens is 345 g/mol. The highest BCUT2D eigenvalue weighted by atomic mass is 35.5. The quantitative estimate of drug-likeness (QED) is 0.754. The highest BCUT2D eigenvalue weighted by Gasteiger charge is 2.40. The zero-order valence-electron chi connectivity index (χ0n) is 12.8. The maximum Gasteiger partial charge on any atom is 0.417 e. The van der Waals surface area contributed by atoms with Crippen molar-refractivity contribution in [1.82, 2.24) is 10.6 Å². The molecule has 0 bridgehead atoms. The second-order valence-electron chi connectivity index (χ2n) is 6.34. The molecule has 4 atom stereocenters. The zero-order chi connectivity index (χ0) is 16.6. The van der Waals surface area contributed by atoms with E-state index in [0.29, 0.717) is 24.7 Å². The molecular formula is C16H20ClF3N2O2. The lowest BCUT2D eigenvalue weighted by Gasteiger charge is -2.35. The van der Waals surface area contributed by atoms with Gasteiger partial charge >= 0.3 is 6.18 Å². The van der Waals surface area contributed by atoms with Crippen LogP contribution >= 0.6 is 12.4 Å². The maximum atomic E-state index is 13.0. The first-order chi connectivity index (χ1) is 10.9. The van der Waals surface area contributed by atoms with Crippen LogP contribution in [0.4, 0.5) is 13.2 Å². The number of amides is 1. The Morgan fingerprint density at radius 3 is 2.46 bits per heavy atom. The third-order valence-electron chi connectivity index (χ3n) is 4.84. The number of fused-ring (bicyclic) bond motifs is 1. The summed E-state index contributed by atoms with van der Waals surface area (Å²) in [5.41, 5.74) is -1.36. The van der Waals surface area contributed by atoms with Crippen molar-refractivity contribution in [2.75, 3.05) is 13.1 Å². The summed E-state index contributed by atoms with van der Waals surface area (Å²) in [6.07, 6.45) is -4.17. The van der Waals surface area contributed by atoms with Crippen LogP contribution in [0.25, 0.3) is 0 Å². The Morgan fingerprint density at radius 1 is 1.17 bits per heavy atom. The summed E-state index contributed by atoms with van der Waals surface area (Å²) in [6, 6.07) is 4.20. The van der Waals surface area contributed by atoms with Crippen molar-refractivity contribution in [3.63, 3.8) is 0 Å². The number of rotatable bonds is 2. The van der Waals surface area contributed by atoms with Gasteiger partial charge in [-0.1, -0.05) is 12.1 Å². The minimum Gasteiger partial charge on any atom is -0.391 e. The van der Waals surface area contributed by atoms with Gasteiger partial charge in [0.05, 0.1) is 23.3 Å². The zero-order valence-corrected chi connectivity index (χ0v) is 13.7. The van der Waals surface area contributed by atoms with Gasteiger partial charge < -0.3 is 15.7 Å². The summed E-state index contributed by atoms with van der Waals surface area (Å²) in [6.45, 7) is 1.67. The number of aliphatic hydroxyl groups excluding tert-OH is 1. The summed E-state index contributed by atoms with van der Waals surface area (Å²) >= 11 is 0. The van der Waals surface area contributed by atoms with E-state index >= 15 is 0 Å². The molecule has 0 aromatic heterocycles. The number of hydrogen-bond acceptors (Lipinski definition) is 3. The van der Waals surface area contributed by atoms with Crippen molar-refractivity contribution in [2.24, 2.45) is 11.8 Å². The molecule has 1 heterocycles. The minimum absolute atomic E-state index is 0. The summed E-state index contributed by atoms with van der Waals surface area (Å²) < 4.78 is 39.0. The molecule has 1 aromatic rings. The smallest absolute Gasteiger partial charge is 0.391 e. The predicted octanol–water partition coefficient (Wildman–Crippen LogP) is 2.22. The molecule has 1 aliphatic heterocycles. The van der Waals surface area contributed by atoms with E-state index < -0.39 is 35.4 Å². The van der Waals surface area contributed by atoms with Crippen molar-refractivity contribution in [3.05, 3.63) is 35.4 Å². The molecule has 3 rings (SSSR count). The van der Waals surface area contributed by atoms with Gasteiger partial charge in [-0.3, -0.25) is 4.79 Å². The Balaban J connectivity index is 0.00000208. The molecule has 3 N–H and O–H groups in total. The second-order valence-corrected chi connectivity index (χ2v) is 6.34. The van der Waals surface area contributed by atoms with Crippen LogP contribution < -0.4 is 10.6 Å². The van der Waals surface area contributed by atoms with Crippen LogP contribution in [-0.2, 0) is 6.18 Å². The normalized spacial score (nSPS) is 29.5. The van der Waals surface area contributed by atoms with E-state index in [0.717, 1.165) is 25.2 Å². The summed E-state index contributed by atoms with van der Waals surface area (Å²) in [5, 5.41) is 16.0. The number of aliphatic hydroxyl groups is 1. The van der Waals surface area contributed by atoms with Gasteiger partial charge in [-0.25, -0.2) is 0 Å². The number of halogens is 4. The van der Waals surface area contributed by atoms with Crippen LogP contribution in [0, 0.1) is 11.8 Å². The number of nitrogens with one attached hydrogen (secondary N) is 2. The number of carbonyl (C=O) groups excluding carboxylic acids is 1. The van der Waals surface area contributed by atoms with Crippen LogP contribution in [0.5, 0.6) is 0 Å². The topological polar surface area (TPSA) is 61.4 Å². The molecule has 1 aliphatic carbocycles. The van der Waals surface area contributed by atoms with Crippen molar-refractivity contribution < 1.29 is 23.1 Å². The first kappa shape index (κ1) is 19.0. The van der Waals surface area contributed by atoms with Gasteiger partial charge in [-0.15, -0.1) is 12.4 Å². The monoisotopic (exact) mass is 364 g/mol. The number of alkyl halides is 3. The van der Waals surface area contributed by atoms with Gasteiger partial charge in [-0.05, 0) is 49.9 Å². The molecule has 1 saturated heterocycles. The molecule has 1 amide bonds. The predicted molar refractivity (Wildman–Crippen MR) is 85.0 cm³/mol. The second kappa shape index (κ2) is 7.29. The molecule has 0 unspecified atom stereocenters. The Kier molecular flexibility index (Phi) is 5.78. The fraction of sp³-hybridized carbons (Fsp3) is 0.562. The van der Waals surface area contributed by atoms with E-state index in [-0.39, 0.29) is 12.4 Å². The van der Waals surface area contributed by atoms with Gasteiger partial charge in [0.1, 0.15) is 0 Å². The van der Waals surface area contributed by atoms with Crippen LogP contribution in [0.3, 0.4) is 0 Å². The van der Waals surface area contributed by atoms with E-state index in [2.05, 4.69) is 10.6 Å². The average molecular weight is 365 g/mol. The van der Waals surface area contributed by atoms with Gasteiger partial charge in [0.15, 0.2) is 0 Å². The van der Waals surface area contributed by atoms with Crippen LogP contribution in [-0.4, -0.2) is 36.2 Å². The van der Waals surface area contributed by atoms with Gasteiger partial charge in [0, 0.05) is 0 Å². The van der Waals surface area contributed by atoms with Crippen LogP contribution in [0.2, 0.25) is 0 Å². The van der Waals surface area contributed by atoms with Crippen molar-refractivity contribution in [2.45, 2.75) is 31.2 Å². The molecule has 2 fully saturated rings. The van der Waals surface area contributed by atoms with E-state index in [9.17, 15) is 23.1 Å². The third-order valence-corrected chi connectivity index (χ3v) is 4.84. The third kappa shape index (κ3) is 3.84. The van der Waals surface area contributed by atoms with Crippen LogP contribution in [0.15, 0.2) is 24.3 Å². The maximum absolute atomic E-state index is 13.0. The largest absolute Gasteiger partial charge is 0.417 e. The SMILES string of the molecule is Cl.O=C(N[C@H]1C[C@H]2CNC[C@H]2C[C@@H]1O)c1ccccc1C(F)(F)F. The molecule has 0 spiro atoms. The van der Waals surface area contributed by atoms with E-state index in [1.807, 2.05) is 0 Å². The fourth-order valence-corrected chi connectivity index (χ4v) is 3.63. The van der Waals surface area contributed by atoms with Gasteiger partial charge in [0.25, 0.3) is 5.91 Å². The van der Waals surface area contributed by atoms with E-state index in [1.54, 1.807) is 0 Å². The fourth-order valence-electron chi connectivity index (χ4n) is 3.63. The van der Waals surface area contributed by atoms with E-state index in [1.165, 1.54) is 12.1 Å². The van der Waals surface area contributed by atoms with E-state index in [4.69, 9.17) is 0 Å². The lowest BCUT2D eigenvalue weighted by atomic mass is 9.77. The standard InChI is InChI=1S/C16H19F3N2O2.ClH/c17-16(18,19)12-4-2-1-3-11(12)15(23)21-13-5-9-7-20-8-10(9)6-14(13)22;/h1-4,9-10,13-14,20,22H,5-8H2,(H,21,23);1H/t9-,10+,13-,14-;/m0./s1. The number of carbonyl (C=O) groups is 1. The van der Waals surface area contributed by atoms with Crippen molar-refractivity contribution >= 4 is 18.3 Å². The van der Waals surface area contributed by atoms with Crippen molar-refractivity contribution in [1.29, 1.82) is 0 Å². The van der Waals surface area contributed by atoms with Gasteiger partial charge in [0.2, 0.25) is 0 Å². The molecule has 1 aromatic carbocycles. The molecule has 8 heteroatoms. The Bertz CT molecular complexity index is 597. The van der Waals surface area contributed by atoms with Crippen molar-refractivity contribution in [3.8, 4) is 0 Å². The lowest BCUT2D eigenvalue weighted by molar-refractivity contribution is -0.137. The number of hydrogen-bond donors (Lipinski definition) is 3. The van der Waals surface area contributed by atoms with Crippen LogP contribution in [0.1, 0.15) is 28.8 Å². The molecule has 4 nitrogen and oxygen atoms in total. The first-order valence-electron chi connectivity index (χ1n) is 7.72. The lowest BCUT2D eigenvalue weighted by Crippen LogP contribution is -2.49. The highest BCUT2D eigenvalue weighted by molar-refractivity contribution is 5.96. The Hall–Kier alpha value is -1.31. The molecule has 2 aliphatic rings. The molecule has 1 saturated carbocycles. The minimum atomic E-state index is -4.58. The first-order valence-corrected chi connectivity index (χ1v) is 7.72. The average Bonchev–Trinajstić information content (AvgIpc) is 2.93. The summed E-state index contributed by atoms with van der Waals surface area (Å²) in [5.74, 6) is -0.0615. The Labute approximate surface area is 144 Å². The molecule has 134 valence electrons.